The molecule has 0 fully saturated rings. The van der Waals surface area contributed by atoms with Crippen LogP contribution in [-0.2, 0) is 4.57 Å². The molecule has 0 saturated heterocycles. The van der Waals surface area contributed by atoms with Gasteiger partial charge in [-0.05, 0) is 8.69 Å². The van der Waals surface area contributed by atoms with Gasteiger partial charge in [0.25, 0.3) is 0 Å². The summed E-state index contributed by atoms with van der Waals surface area (Å²) in [7, 11) is -1.75. The molecule has 0 amide bonds. The summed E-state index contributed by atoms with van der Waals surface area (Å²) in [6.45, 7) is 4.59. The summed E-state index contributed by atoms with van der Waals surface area (Å²) in [5.74, 6) is 0. The Hall–Kier alpha value is 0.722. The molecule has 0 aliphatic heterocycles. The molecule has 0 radical (unpaired) electrons. The van der Waals surface area contributed by atoms with Crippen molar-refractivity contribution in [1.82, 2.24) is 0 Å². The van der Waals surface area contributed by atoms with Gasteiger partial charge in [-0.3, -0.25) is 0 Å². The molecule has 14 heavy (non-hydrogen) atoms. The molecule has 4 heteroatoms. The third-order valence-corrected chi connectivity index (χ3v) is 3.44. The molecular weight excluding hydrogens is 210 g/mol. The second kappa shape index (κ2) is 19.3. The summed E-state index contributed by atoms with van der Waals surface area (Å²) in [5, 5.41) is 3.00. The van der Waals surface area contributed by atoms with Gasteiger partial charge in [0.2, 0.25) is 0 Å². The second-order valence-corrected chi connectivity index (χ2v) is 5.51. The van der Waals surface area contributed by atoms with Gasteiger partial charge < -0.3 is 9.46 Å². The summed E-state index contributed by atoms with van der Waals surface area (Å²) in [4.78, 5) is 8.46. The zero-order valence-electron chi connectivity index (χ0n) is 9.63. The van der Waals surface area contributed by atoms with Gasteiger partial charge in [0.05, 0.1) is 0 Å². The Balaban J connectivity index is 0. The van der Waals surface area contributed by atoms with E-state index in [0.717, 1.165) is 15.2 Å². The molecule has 0 aliphatic carbocycles. The van der Waals surface area contributed by atoms with E-state index >= 15 is 0 Å². The predicted molar refractivity (Wildman–Crippen MR) is 64.8 cm³/mol. The average Bonchev–Trinajstić information content (AvgIpc) is 2.18. The Morgan fingerprint density at radius 2 is 1.57 bits per heavy atom. The van der Waals surface area contributed by atoms with Gasteiger partial charge in [0, 0.05) is 0 Å². The van der Waals surface area contributed by atoms with Crippen molar-refractivity contribution in [2.24, 2.45) is 0 Å². The third-order valence-electron chi connectivity index (χ3n) is 2.05. The number of unbranched alkanes of at least 4 members (excludes halogenated alkanes) is 5. The van der Waals surface area contributed by atoms with Gasteiger partial charge in [0.1, 0.15) is 0 Å². The van der Waals surface area contributed by atoms with E-state index in [9.17, 15) is 0 Å². The van der Waals surface area contributed by atoms with Crippen LogP contribution in [0.3, 0.4) is 0 Å². The standard InChI is InChI=1S/C8H17.C2H5.Al.H3O2P/c1-3-5-7-8-6-4-2;1-2;;1-3-2/h1,3-8H2,2H3;1H2,2H3;;3H2,(H,1,2)/q;;+1;/p-1. The van der Waals surface area contributed by atoms with E-state index in [2.05, 4.69) is 13.8 Å². The van der Waals surface area contributed by atoms with E-state index in [4.69, 9.17) is 9.46 Å². The molecule has 84 valence electrons. The molecule has 0 bridgehead atoms. The van der Waals surface area contributed by atoms with E-state index < -0.39 is 8.69 Å². The first-order chi connectivity index (χ1) is 6.83. The van der Waals surface area contributed by atoms with Crippen LogP contribution in [0, 0.1) is 0 Å². The summed E-state index contributed by atoms with van der Waals surface area (Å²) in [6.07, 6.45) is 8.77. The van der Waals surface area contributed by atoms with Crippen molar-refractivity contribution < 1.29 is 9.46 Å². The minimum atomic E-state index is -1.75. The minimum Gasteiger partial charge on any atom is -0.804 e. The van der Waals surface area contributed by atoms with E-state index in [-0.39, 0.29) is 0 Å². The first-order valence-corrected chi connectivity index (χ1v) is 8.28. The number of rotatable bonds is 8. The Morgan fingerprint density at radius 3 is 2.07 bits per heavy atom. The number of hydrogen-bond acceptors (Lipinski definition) is 2. The summed E-state index contributed by atoms with van der Waals surface area (Å²) in [5.41, 5.74) is 0. The SMILES string of the molecule is CCCCCCC[CH2][Al+][CH2]C.O=[PH2][O-]. The molecule has 1 unspecified atom stereocenters. The summed E-state index contributed by atoms with van der Waals surface area (Å²) < 4.78 is 8.46. The van der Waals surface area contributed by atoms with Crippen molar-refractivity contribution in [3.63, 3.8) is 0 Å². The van der Waals surface area contributed by atoms with Crippen LogP contribution in [0.4, 0.5) is 0 Å². The molecule has 0 aromatic heterocycles. The molecular formula is C10H24AlO2P. The van der Waals surface area contributed by atoms with Crippen molar-refractivity contribution in [3.8, 4) is 0 Å². The molecule has 0 aliphatic rings. The molecule has 1 atom stereocenters. The van der Waals surface area contributed by atoms with Gasteiger partial charge in [-0.15, -0.1) is 0 Å². The summed E-state index contributed by atoms with van der Waals surface area (Å²) >= 11 is 0.805. The minimum absolute atomic E-state index is 0.805. The van der Waals surface area contributed by atoms with Gasteiger partial charge in [-0.25, -0.2) is 0 Å². The average molecular weight is 234 g/mol. The van der Waals surface area contributed by atoms with Gasteiger partial charge in [-0.2, -0.15) is 0 Å². The molecule has 2 nitrogen and oxygen atoms in total. The van der Waals surface area contributed by atoms with Crippen molar-refractivity contribution in [2.75, 3.05) is 0 Å². The molecule has 0 heterocycles. The van der Waals surface area contributed by atoms with Gasteiger partial charge in [0.15, 0.2) is 0 Å². The van der Waals surface area contributed by atoms with Crippen molar-refractivity contribution in [2.45, 2.75) is 62.9 Å². The van der Waals surface area contributed by atoms with Gasteiger partial charge in [-0.1, -0.05) is 0 Å². The van der Waals surface area contributed by atoms with Crippen LogP contribution in [0.25, 0.3) is 0 Å². The first-order valence-electron chi connectivity index (χ1n) is 5.70. The van der Waals surface area contributed by atoms with Crippen LogP contribution in [0.5, 0.6) is 0 Å². The fourth-order valence-corrected chi connectivity index (χ4v) is 2.26. The van der Waals surface area contributed by atoms with Gasteiger partial charge >= 0.3 is 78.2 Å². The summed E-state index contributed by atoms with van der Waals surface area (Å²) in [6, 6.07) is 0. The van der Waals surface area contributed by atoms with Crippen molar-refractivity contribution in [3.05, 3.63) is 0 Å². The van der Waals surface area contributed by atoms with Crippen LogP contribution in [-0.4, -0.2) is 15.2 Å². The maximum atomic E-state index is 8.46. The fourth-order valence-electron chi connectivity index (χ4n) is 1.27. The monoisotopic (exact) mass is 234 g/mol. The Labute approximate surface area is 96.5 Å². The molecule has 0 aromatic carbocycles. The predicted octanol–water partition coefficient (Wildman–Crippen LogP) is 2.93. The zero-order chi connectivity index (χ0) is 11.1. The normalized spacial score (nSPS) is 9.64. The Morgan fingerprint density at radius 1 is 1.07 bits per heavy atom. The van der Waals surface area contributed by atoms with Crippen LogP contribution >= 0.6 is 8.69 Å². The molecule has 0 saturated carbocycles. The smallest absolute Gasteiger partial charge is 0.0110 e. The maximum Gasteiger partial charge on any atom is -0.0110 e. The number of hydrogen-bond donors (Lipinski definition) is 0. The molecule has 0 rings (SSSR count). The largest absolute Gasteiger partial charge is 0.804 e. The molecule has 0 spiro atoms. The van der Waals surface area contributed by atoms with E-state index in [1.54, 1.807) is 5.28 Å². The van der Waals surface area contributed by atoms with Crippen LogP contribution < -0.4 is 4.89 Å². The van der Waals surface area contributed by atoms with E-state index in [1.807, 2.05) is 0 Å². The first kappa shape index (κ1) is 17.1. The Bertz CT molecular complexity index is 94.1. The van der Waals surface area contributed by atoms with Crippen LogP contribution in [0.1, 0.15) is 52.4 Å². The van der Waals surface area contributed by atoms with Crippen LogP contribution in [0.15, 0.2) is 0 Å². The van der Waals surface area contributed by atoms with Crippen LogP contribution in [0.2, 0.25) is 10.6 Å². The van der Waals surface area contributed by atoms with E-state index in [0.29, 0.717) is 0 Å². The topological polar surface area (TPSA) is 40.1 Å². The fraction of sp³-hybridized carbons (Fsp3) is 1.00. The Kier molecular flexibility index (Phi) is 23.6. The zero-order valence-corrected chi connectivity index (χ0v) is 11.9. The second-order valence-electron chi connectivity index (χ2n) is 3.35. The quantitative estimate of drug-likeness (QED) is 0.368. The van der Waals surface area contributed by atoms with E-state index in [1.165, 1.54) is 43.8 Å². The van der Waals surface area contributed by atoms with Crippen molar-refractivity contribution >= 4 is 23.9 Å². The molecule has 0 aromatic rings. The molecule has 0 N–H and O–H groups in total. The van der Waals surface area contributed by atoms with Crippen molar-refractivity contribution in [1.29, 1.82) is 0 Å². The maximum absolute atomic E-state index is 8.46. The third kappa shape index (κ3) is 23.0.